The summed E-state index contributed by atoms with van der Waals surface area (Å²) in [5.74, 6) is 0. The van der Waals surface area contributed by atoms with Gasteiger partial charge in [0.05, 0.1) is 17.7 Å². The van der Waals surface area contributed by atoms with Crippen LogP contribution in [-0.4, -0.2) is 6.04 Å². The Morgan fingerprint density at radius 3 is 3.08 bits per heavy atom. The lowest BCUT2D eigenvalue weighted by atomic mass is 9.97. The minimum absolute atomic E-state index is 0.160. The number of dihydropyridines is 1. The van der Waals surface area contributed by atoms with Crippen molar-refractivity contribution in [1.82, 2.24) is 5.32 Å². The molecule has 0 spiro atoms. The Labute approximate surface area is 72.9 Å². The molecule has 1 aliphatic rings. The predicted octanol–water partition coefficient (Wildman–Crippen LogP) is 1.89. The molecule has 0 saturated carbocycles. The third-order valence-corrected chi connectivity index (χ3v) is 1.97. The maximum Gasteiger partial charge on any atom is 0.0975 e. The van der Waals surface area contributed by atoms with Gasteiger partial charge in [-0.1, -0.05) is 19.6 Å². The van der Waals surface area contributed by atoms with Crippen molar-refractivity contribution in [3.63, 3.8) is 0 Å². The van der Waals surface area contributed by atoms with Crippen LogP contribution in [0.3, 0.4) is 0 Å². The zero-order valence-corrected chi connectivity index (χ0v) is 7.17. The Hall–Kier alpha value is -1.49. The lowest BCUT2D eigenvalue weighted by Crippen LogP contribution is -2.28. The van der Waals surface area contributed by atoms with Gasteiger partial charge in [0.15, 0.2) is 0 Å². The van der Waals surface area contributed by atoms with Crippen LogP contribution in [0.2, 0.25) is 0 Å². The topological polar surface area (TPSA) is 35.8 Å². The van der Waals surface area contributed by atoms with Crippen molar-refractivity contribution >= 4 is 0 Å². The summed E-state index contributed by atoms with van der Waals surface area (Å²) in [5.41, 5.74) is 1.72. The van der Waals surface area contributed by atoms with Crippen LogP contribution < -0.4 is 5.32 Å². The standard InChI is InChI=1S/C10H12N2/c1-3-8-5-6-12-10(4-2)9(8)7-11/h3,5-6,10,12H,1,4H2,2H3. The van der Waals surface area contributed by atoms with E-state index in [1.807, 2.05) is 12.3 Å². The highest BCUT2D eigenvalue weighted by atomic mass is 14.9. The zero-order valence-electron chi connectivity index (χ0n) is 7.17. The van der Waals surface area contributed by atoms with Gasteiger partial charge in [0.2, 0.25) is 0 Å². The highest BCUT2D eigenvalue weighted by Gasteiger charge is 2.15. The van der Waals surface area contributed by atoms with Crippen LogP contribution in [0.25, 0.3) is 0 Å². The molecular formula is C10H12N2. The first kappa shape index (κ1) is 8.61. The average molecular weight is 160 g/mol. The summed E-state index contributed by atoms with van der Waals surface area (Å²) in [6.45, 7) is 5.71. The zero-order chi connectivity index (χ0) is 8.97. The summed E-state index contributed by atoms with van der Waals surface area (Å²) < 4.78 is 0. The molecule has 0 radical (unpaired) electrons. The highest BCUT2D eigenvalue weighted by molar-refractivity contribution is 5.46. The smallest absolute Gasteiger partial charge is 0.0975 e. The molecule has 1 N–H and O–H groups in total. The van der Waals surface area contributed by atoms with Gasteiger partial charge in [-0.2, -0.15) is 5.26 Å². The Bertz CT molecular complexity index is 279. The number of nitrogens with one attached hydrogen (secondary N) is 1. The van der Waals surface area contributed by atoms with Gasteiger partial charge < -0.3 is 5.32 Å². The molecule has 0 saturated heterocycles. The Balaban J connectivity index is 3.03. The van der Waals surface area contributed by atoms with Gasteiger partial charge in [0.25, 0.3) is 0 Å². The molecule has 0 aliphatic carbocycles. The number of hydrogen-bond donors (Lipinski definition) is 1. The van der Waals surface area contributed by atoms with Gasteiger partial charge in [0.1, 0.15) is 0 Å². The van der Waals surface area contributed by atoms with E-state index in [9.17, 15) is 0 Å². The molecule has 1 heterocycles. The fourth-order valence-corrected chi connectivity index (χ4v) is 1.27. The Kier molecular flexibility index (Phi) is 2.71. The van der Waals surface area contributed by atoms with Crippen molar-refractivity contribution in [2.24, 2.45) is 0 Å². The molecule has 0 amide bonds. The van der Waals surface area contributed by atoms with E-state index in [2.05, 4.69) is 24.9 Å². The van der Waals surface area contributed by atoms with Crippen LogP contribution in [0.15, 0.2) is 36.1 Å². The molecule has 1 aliphatic heterocycles. The van der Waals surface area contributed by atoms with Crippen LogP contribution in [0.4, 0.5) is 0 Å². The molecule has 0 aromatic heterocycles. The third kappa shape index (κ3) is 1.40. The molecule has 1 atom stereocenters. The number of hydrogen-bond acceptors (Lipinski definition) is 2. The number of nitriles is 1. The molecular weight excluding hydrogens is 148 g/mol. The summed E-state index contributed by atoms with van der Waals surface area (Å²) in [7, 11) is 0. The molecule has 2 nitrogen and oxygen atoms in total. The molecule has 0 aromatic carbocycles. The van der Waals surface area contributed by atoms with Gasteiger partial charge in [0, 0.05) is 0 Å². The molecule has 0 fully saturated rings. The first-order valence-electron chi connectivity index (χ1n) is 4.02. The van der Waals surface area contributed by atoms with Crippen molar-refractivity contribution in [3.8, 4) is 6.07 Å². The average Bonchev–Trinajstić information content (AvgIpc) is 2.16. The van der Waals surface area contributed by atoms with E-state index >= 15 is 0 Å². The second-order valence-corrected chi connectivity index (χ2v) is 2.65. The summed E-state index contributed by atoms with van der Waals surface area (Å²) in [6, 6.07) is 2.36. The molecule has 12 heavy (non-hydrogen) atoms. The predicted molar refractivity (Wildman–Crippen MR) is 49.2 cm³/mol. The van der Waals surface area contributed by atoms with Crippen molar-refractivity contribution < 1.29 is 0 Å². The van der Waals surface area contributed by atoms with Crippen molar-refractivity contribution in [1.29, 1.82) is 5.26 Å². The fourth-order valence-electron chi connectivity index (χ4n) is 1.27. The summed E-state index contributed by atoms with van der Waals surface area (Å²) in [4.78, 5) is 0. The summed E-state index contributed by atoms with van der Waals surface area (Å²) in [6.07, 6.45) is 6.38. The molecule has 1 rings (SSSR count). The molecule has 0 bridgehead atoms. The van der Waals surface area contributed by atoms with E-state index in [4.69, 9.17) is 5.26 Å². The minimum Gasteiger partial charge on any atom is -0.383 e. The van der Waals surface area contributed by atoms with E-state index in [0.717, 1.165) is 17.6 Å². The normalized spacial score (nSPS) is 21.5. The van der Waals surface area contributed by atoms with Crippen LogP contribution in [0, 0.1) is 11.3 Å². The van der Waals surface area contributed by atoms with Gasteiger partial charge in [-0.3, -0.25) is 0 Å². The van der Waals surface area contributed by atoms with E-state index in [0.29, 0.717) is 0 Å². The SMILES string of the molecule is C=CC1=C(C#N)C(CC)NC=C1. The van der Waals surface area contributed by atoms with Gasteiger partial charge >= 0.3 is 0 Å². The number of rotatable bonds is 2. The van der Waals surface area contributed by atoms with Gasteiger partial charge in [-0.15, -0.1) is 0 Å². The van der Waals surface area contributed by atoms with Crippen LogP contribution >= 0.6 is 0 Å². The van der Waals surface area contributed by atoms with E-state index < -0.39 is 0 Å². The van der Waals surface area contributed by atoms with E-state index in [-0.39, 0.29) is 6.04 Å². The minimum atomic E-state index is 0.160. The van der Waals surface area contributed by atoms with Crippen molar-refractivity contribution in [2.75, 3.05) is 0 Å². The molecule has 0 aromatic rings. The first-order chi connectivity index (χ1) is 5.83. The quantitative estimate of drug-likeness (QED) is 0.669. The second kappa shape index (κ2) is 3.77. The maximum absolute atomic E-state index is 8.86. The van der Waals surface area contributed by atoms with Crippen LogP contribution in [0.1, 0.15) is 13.3 Å². The lowest BCUT2D eigenvalue weighted by Gasteiger charge is -2.19. The second-order valence-electron chi connectivity index (χ2n) is 2.65. The van der Waals surface area contributed by atoms with Gasteiger partial charge in [-0.25, -0.2) is 0 Å². The molecule has 1 unspecified atom stereocenters. The number of nitrogens with zero attached hydrogens (tertiary/aromatic N) is 1. The molecule has 62 valence electrons. The third-order valence-electron chi connectivity index (χ3n) is 1.97. The first-order valence-corrected chi connectivity index (χ1v) is 4.02. The van der Waals surface area contributed by atoms with Gasteiger partial charge in [-0.05, 0) is 24.3 Å². The number of allylic oxidation sites excluding steroid dienone is 3. The summed E-state index contributed by atoms with van der Waals surface area (Å²) in [5, 5.41) is 12.0. The van der Waals surface area contributed by atoms with Crippen LogP contribution in [-0.2, 0) is 0 Å². The Morgan fingerprint density at radius 2 is 2.58 bits per heavy atom. The van der Waals surface area contributed by atoms with E-state index in [1.54, 1.807) is 6.08 Å². The van der Waals surface area contributed by atoms with Crippen molar-refractivity contribution in [3.05, 3.63) is 36.1 Å². The largest absolute Gasteiger partial charge is 0.383 e. The molecule has 2 heteroatoms. The fraction of sp³-hybridized carbons (Fsp3) is 0.300. The highest BCUT2D eigenvalue weighted by Crippen LogP contribution is 2.17. The van der Waals surface area contributed by atoms with E-state index in [1.165, 1.54) is 0 Å². The van der Waals surface area contributed by atoms with Crippen LogP contribution in [0.5, 0.6) is 0 Å². The van der Waals surface area contributed by atoms with Crippen molar-refractivity contribution in [2.45, 2.75) is 19.4 Å². The maximum atomic E-state index is 8.86. The Morgan fingerprint density at radius 1 is 1.83 bits per heavy atom. The monoisotopic (exact) mass is 160 g/mol. The summed E-state index contributed by atoms with van der Waals surface area (Å²) >= 11 is 0. The lowest BCUT2D eigenvalue weighted by molar-refractivity contribution is 0.646.